The molecule has 1 unspecified atom stereocenters. The van der Waals surface area contributed by atoms with Gasteiger partial charge in [-0.2, -0.15) is 0 Å². The van der Waals surface area contributed by atoms with Crippen LogP contribution in [0.4, 0.5) is 4.39 Å². The number of pyridine rings is 1. The summed E-state index contributed by atoms with van der Waals surface area (Å²) in [6.45, 7) is 0.570. The molecule has 0 bridgehead atoms. The molecule has 1 aliphatic heterocycles. The topological polar surface area (TPSA) is 76.9 Å². The summed E-state index contributed by atoms with van der Waals surface area (Å²) in [5.74, 6) is -0.183. The summed E-state index contributed by atoms with van der Waals surface area (Å²) in [6, 6.07) is 10.0. The van der Waals surface area contributed by atoms with Crippen molar-refractivity contribution in [2.24, 2.45) is 0 Å². The van der Waals surface area contributed by atoms with Gasteiger partial charge in [0.15, 0.2) is 0 Å². The van der Waals surface area contributed by atoms with Crippen molar-refractivity contribution in [3.8, 4) is 11.3 Å². The maximum absolute atomic E-state index is 13.1. The van der Waals surface area contributed by atoms with Crippen LogP contribution in [0.1, 0.15) is 35.1 Å². The Kier molecular flexibility index (Phi) is 4.50. The second kappa shape index (κ2) is 7.11. The lowest BCUT2D eigenvalue weighted by atomic mass is 10.0. The molecule has 136 valence electrons. The second-order valence-electron chi connectivity index (χ2n) is 6.40. The number of fused-ring (bicyclic) bond motifs is 1. The number of rotatable bonds is 3. The van der Waals surface area contributed by atoms with Crippen LogP contribution in [0.2, 0.25) is 0 Å². The summed E-state index contributed by atoms with van der Waals surface area (Å²) >= 11 is 0. The van der Waals surface area contributed by atoms with Crippen LogP contribution in [-0.2, 0) is 6.54 Å². The molecule has 0 spiro atoms. The second-order valence-corrected chi connectivity index (χ2v) is 6.40. The lowest BCUT2D eigenvalue weighted by Gasteiger charge is -2.27. The first kappa shape index (κ1) is 17.1. The van der Waals surface area contributed by atoms with Gasteiger partial charge in [-0.3, -0.25) is 19.1 Å². The van der Waals surface area contributed by atoms with Crippen LogP contribution in [0.25, 0.3) is 11.3 Å². The van der Waals surface area contributed by atoms with Gasteiger partial charge in [-0.25, -0.2) is 9.37 Å². The van der Waals surface area contributed by atoms with Crippen LogP contribution in [0.3, 0.4) is 0 Å². The van der Waals surface area contributed by atoms with Crippen molar-refractivity contribution in [2.75, 3.05) is 0 Å². The number of hydrogen-bond donors (Lipinski definition) is 1. The van der Waals surface area contributed by atoms with Crippen LogP contribution in [0.15, 0.2) is 59.7 Å². The molecule has 0 saturated heterocycles. The monoisotopic (exact) mass is 364 g/mol. The molecule has 7 heteroatoms. The quantitative estimate of drug-likeness (QED) is 0.775. The van der Waals surface area contributed by atoms with Crippen molar-refractivity contribution in [3.05, 3.63) is 82.4 Å². The molecule has 6 nitrogen and oxygen atoms in total. The van der Waals surface area contributed by atoms with E-state index in [2.05, 4.69) is 15.3 Å². The van der Waals surface area contributed by atoms with Gasteiger partial charge in [-0.1, -0.05) is 0 Å². The van der Waals surface area contributed by atoms with Crippen LogP contribution < -0.4 is 10.9 Å². The summed E-state index contributed by atoms with van der Waals surface area (Å²) in [5, 5.41) is 2.92. The van der Waals surface area contributed by atoms with E-state index in [4.69, 9.17) is 0 Å². The zero-order valence-corrected chi connectivity index (χ0v) is 14.4. The highest BCUT2D eigenvalue weighted by atomic mass is 19.1. The molecule has 0 aliphatic carbocycles. The molecule has 0 saturated carbocycles. The van der Waals surface area contributed by atoms with E-state index in [1.807, 2.05) is 0 Å². The van der Waals surface area contributed by atoms with Gasteiger partial charge in [0, 0.05) is 36.1 Å². The molecule has 0 fully saturated rings. The summed E-state index contributed by atoms with van der Waals surface area (Å²) in [7, 11) is 0. The Balaban J connectivity index is 1.67. The van der Waals surface area contributed by atoms with E-state index in [-0.39, 0.29) is 17.5 Å². The Bertz CT molecular complexity index is 1030. The van der Waals surface area contributed by atoms with Crippen molar-refractivity contribution < 1.29 is 9.18 Å². The molecule has 3 heterocycles. The van der Waals surface area contributed by atoms with E-state index in [1.165, 1.54) is 30.3 Å². The molecule has 1 atom stereocenters. The average molecular weight is 364 g/mol. The van der Waals surface area contributed by atoms with Crippen molar-refractivity contribution in [2.45, 2.75) is 25.4 Å². The lowest BCUT2D eigenvalue weighted by Crippen LogP contribution is -2.38. The number of aromatic nitrogens is 3. The largest absolute Gasteiger partial charge is 0.342 e. The Labute approximate surface area is 154 Å². The summed E-state index contributed by atoms with van der Waals surface area (Å²) in [4.78, 5) is 33.7. The Morgan fingerprint density at radius 2 is 1.89 bits per heavy atom. The van der Waals surface area contributed by atoms with Crippen molar-refractivity contribution >= 4 is 5.91 Å². The first-order valence-electron chi connectivity index (χ1n) is 8.70. The number of carbonyl (C=O) groups is 1. The zero-order valence-electron chi connectivity index (χ0n) is 14.4. The summed E-state index contributed by atoms with van der Waals surface area (Å²) in [6.07, 6.45) is 4.72. The number of nitrogens with one attached hydrogen (secondary N) is 1. The minimum absolute atomic E-state index is 0.146. The third-order valence-electron chi connectivity index (χ3n) is 4.61. The first-order chi connectivity index (χ1) is 13.1. The van der Waals surface area contributed by atoms with Gasteiger partial charge in [0.05, 0.1) is 11.7 Å². The molecule has 1 amide bonds. The van der Waals surface area contributed by atoms with Crippen molar-refractivity contribution in [1.82, 2.24) is 19.9 Å². The van der Waals surface area contributed by atoms with Crippen LogP contribution in [0, 0.1) is 5.82 Å². The Morgan fingerprint density at radius 3 is 2.63 bits per heavy atom. The normalized spacial score (nSPS) is 15.8. The average Bonchev–Trinajstić information content (AvgIpc) is 2.69. The van der Waals surface area contributed by atoms with E-state index < -0.39 is 5.82 Å². The molecular formula is C20H17FN4O2. The van der Waals surface area contributed by atoms with Crippen LogP contribution >= 0.6 is 0 Å². The van der Waals surface area contributed by atoms with Gasteiger partial charge in [0.2, 0.25) is 0 Å². The van der Waals surface area contributed by atoms with Gasteiger partial charge in [-0.05, 0) is 49.2 Å². The highest BCUT2D eigenvalue weighted by Crippen LogP contribution is 2.25. The van der Waals surface area contributed by atoms with E-state index >= 15 is 0 Å². The minimum Gasteiger partial charge on any atom is -0.342 e. The number of nitrogens with zero attached hydrogens (tertiary/aromatic N) is 3. The molecular weight excluding hydrogens is 347 g/mol. The number of amides is 1. The predicted octanol–water partition coefficient (Wildman–Crippen LogP) is 2.71. The summed E-state index contributed by atoms with van der Waals surface area (Å²) < 4.78 is 14.7. The van der Waals surface area contributed by atoms with Crippen molar-refractivity contribution in [1.29, 1.82) is 0 Å². The van der Waals surface area contributed by atoms with E-state index in [0.29, 0.717) is 30.0 Å². The number of carbonyl (C=O) groups excluding carboxylic acids is 1. The van der Waals surface area contributed by atoms with E-state index in [9.17, 15) is 14.0 Å². The van der Waals surface area contributed by atoms with Gasteiger partial charge >= 0.3 is 0 Å². The van der Waals surface area contributed by atoms with Crippen LogP contribution in [-0.4, -0.2) is 20.4 Å². The van der Waals surface area contributed by atoms with E-state index in [0.717, 1.165) is 12.0 Å². The maximum Gasteiger partial charge on any atom is 0.254 e. The molecule has 3 aromatic rings. The fourth-order valence-electron chi connectivity index (χ4n) is 3.25. The minimum atomic E-state index is -0.398. The third-order valence-corrected chi connectivity index (χ3v) is 4.61. The van der Waals surface area contributed by atoms with Gasteiger partial charge in [0.25, 0.3) is 11.5 Å². The highest BCUT2D eigenvalue weighted by Gasteiger charge is 2.25. The molecule has 27 heavy (non-hydrogen) atoms. The fraction of sp³-hybridized carbons (Fsp3) is 0.200. The molecule has 4 rings (SSSR count). The number of hydrogen-bond acceptors (Lipinski definition) is 4. The highest BCUT2D eigenvalue weighted by molar-refractivity contribution is 5.94. The standard InChI is InChI=1S/C20H17FN4O2/c21-15-5-3-14(4-6-15)20(27)24-16-2-1-11-25-18(26)12-17(23-19(16)25)13-7-9-22-10-8-13/h3-10,12,16H,1-2,11H2,(H,24,27). The Morgan fingerprint density at radius 1 is 1.15 bits per heavy atom. The predicted molar refractivity (Wildman–Crippen MR) is 97.6 cm³/mol. The number of halogens is 1. The SMILES string of the molecule is O=C(NC1CCCn2c1nc(-c1ccncc1)cc2=O)c1ccc(F)cc1. The van der Waals surface area contributed by atoms with E-state index in [1.54, 1.807) is 29.1 Å². The summed E-state index contributed by atoms with van der Waals surface area (Å²) in [5.41, 5.74) is 1.56. The lowest BCUT2D eigenvalue weighted by molar-refractivity contribution is 0.0927. The maximum atomic E-state index is 13.1. The van der Waals surface area contributed by atoms with Gasteiger partial charge in [0.1, 0.15) is 11.6 Å². The molecule has 0 radical (unpaired) electrons. The zero-order chi connectivity index (χ0) is 18.8. The molecule has 1 aliphatic rings. The first-order valence-corrected chi connectivity index (χ1v) is 8.70. The van der Waals surface area contributed by atoms with Gasteiger partial charge in [-0.15, -0.1) is 0 Å². The molecule has 2 aromatic heterocycles. The smallest absolute Gasteiger partial charge is 0.254 e. The number of benzene rings is 1. The fourth-order valence-corrected chi connectivity index (χ4v) is 3.25. The van der Waals surface area contributed by atoms with Crippen molar-refractivity contribution in [3.63, 3.8) is 0 Å². The van der Waals surface area contributed by atoms with Gasteiger partial charge < -0.3 is 5.32 Å². The van der Waals surface area contributed by atoms with Crippen LogP contribution in [0.5, 0.6) is 0 Å². The third kappa shape index (κ3) is 3.48. The Hall–Kier alpha value is -3.35. The molecule has 1 N–H and O–H groups in total. The molecule has 1 aromatic carbocycles.